The van der Waals surface area contributed by atoms with Crippen LogP contribution in [0.3, 0.4) is 0 Å². The van der Waals surface area contributed by atoms with E-state index in [1.165, 1.54) is 11.3 Å². The van der Waals surface area contributed by atoms with E-state index in [4.69, 9.17) is 15.2 Å². The average Bonchev–Trinajstić information content (AvgIpc) is 3.10. The van der Waals surface area contributed by atoms with Gasteiger partial charge in [0.25, 0.3) is 0 Å². The summed E-state index contributed by atoms with van der Waals surface area (Å²) in [6, 6.07) is 8.59. The number of hydrogen-bond donors (Lipinski definition) is 1. The Bertz CT molecular complexity index is 859. The average molecular weight is 370 g/mol. The van der Waals surface area contributed by atoms with Gasteiger partial charge >= 0.3 is 11.9 Å². The first-order chi connectivity index (χ1) is 12.6. The monoisotopic (exact) mass is 370 g/mol. The maximum Gasteiger partial charge on any atom is 0.338 e. The molecule has 2 aromatic rings. The molecule has 7 heteroatoms. The highest BCUT2D eigenvalue weighted by Crippen LogP contribution is 2.37. The number of carbonyl (C=O) groups excluding carboxylic acids is 2. The van der Waals surface area contributed by atoms with Gasteiger partial charge in [0, 0.05) is 5.38 Å². The third-order valence-electron chi connectivity index (χ3n) is 4.01. The van der Waals surface area contributed by atoms with E-state index in [0.717, 1.165) is 0 Å². The highest BCUT2D eigenvalue weighted by molar-refractivity contribution is 7.13. The van der Waals surface area contributed by atoms with Crippen LogP contribution >= 0.6 is 11.3 Å². The smallest absolute Gasteiger partial charge is 0.338 e. The standard InChI is InChI=1S/C19H18N2O4S/c1-2-24-17(23)19(14-12-26-18(20)21-14)11-7-6-10-15(19)25-16(22)13-8-4-3-5-9-13/h3-12,15H,2H2,1H3,(H2,20,21)/t15?,19-/m1/s1. The number of allylic oxidation sites excluding steroid dienone is 2. The van der Waals surface area contributed by atoms with Crippen LogP contribution in [0.1, 0.15) is 23.0 Å². The van der Waals surface area contributed by atoms with Gasteiger partial charge in [-0.25, -0.2) is 9.78 Å². The van der Waals surface area contributed by atoms with E-state index in [1.54, 1.807) is 66.9 Å². The van der Waals surface area contributed by atoms with Gasteiger partial charge in [0.2, 0.25) is 0 Å². The molecule has 1 aromatic heterocycles. The molecule has 0 fully saturated rings. The molecule has 0 saturated carbocycles. The minimum Gasteiger partial charge on any atom is -0.465 e. The number of aromatic nitrogens is 1. The molecular formula is C19H18N2O4S. The lowest BCUT2D eigenvalue weighted by Gasteiger charge is -2.34. The van der Waals surface area contributed by atoms with Crippen molar-refractivity contribution in [3.05, 3.63) is 71.3 Å². The fourth-order valence-corrected chi connectivity index (χ4v) is 3.39. The van der Waals surface area contributed by atoms with Gasteiger partial charge in [-0.1, -0.05) is 36.4 Å². The fourth-order valence-electron chi connectivity index (χ4n) is 2.76. The predicted octanol–water partition coefficient (Wildman–Crippen LogP) is 2.88. The van der Waals surface area contributed by atoms with Crippen molar-refractivity contribution in [1.82, 2.24) is 4.98 Å². The van der Waals surface area contributed by atoms with Gasteiger partial charge < -0.3 is 15.2 Å². The summed E-state index contributed by atoms with van der Waals surface area (Å²) in [7, 11) is 0. The minimum absolute atomic E-state index is 0.192. The van der Waals surface area contributed by atoms with Crippen molar-refractivity contribution in [3.8, 4) is 0 Å². The number of nitrogens with zero attached hydrogens (tertiary/aromatic N) is 1. The lowest BCUT2D eigenvalue weighted by molar-refractivity contribution is -0.151. The summed E-state index contributed by atoms with van der Waals surface area (Å²) < 4.78 is 10.9. The van der Waals surface area contributed by atoms with E-state index >= 15 is 0 Å². The van der Waals surface area contributed by atoms with Crippen molar-refractivity contribution < 1.29 is 19.1 Å². The third kappa shape index (κ3) is 3.25. The van der Waals surface area contributed by atoms with E-state index < -0.39 is 23.5 Å². The van der Waals surface area contributed by atoms with Crippen molar-refractivity contribution in [2.45, 2.75) is 18.4 Å². The summed E-state index contributed by atoms with van der Waals surface area (Å²) in [5.41, 5.74) is 5.18. The van der Waals surface area contributed by atoms with Gasteiger partial charge in [0.15, 0.2) is 10.5 Å². The highest BCUT2D eigenvalue weighted by Gasteiger charge is 2.50. The zero-order valence-corrected chi connectivity index (χ0v) is 14.9. The second-order valence-electron chi connectivity index (χ2n) is 5.60. The van der Waals surface area contributed by atoms with Gasteiger partial charge in [-0.2, -0.15) is 0 Å². The highest BCUT2D eigenvalue weighted by atomic mass is 32.1. The molecule has 1 heterocycles. The van der Waals surface area contributed by atoms with Crippen molar-refractivity contribution in [2.75, 3.05) is 12.3 Å². The molecule has 1 aliphatic rings. The second kappa shape index (κ2) is 7.53. The summed E-state index contributed by atoms with van der Waals surface area (Å²) in [6.45, 7) is 1.91. The number of hydrogen-bond acceptors (Lipinski definition) is 7. The molecule has 0 radical (unpaired) electrons. The normalized spacial score (nSPS) is 21.3. The molecule has 1 aliphatic carbocycles. The molecule has 6 nitrogen and oxygen atoms in total. The Morgan fingerprint density at radius 2 is 2.04 bits per heavy atom. The Labute approximate surface area is 155 Å². The Hall–Kier alpha value is -2.93. The molecule has 1 aromatic carbocycles. The van der Waals surface area contributed by atoms with E-state index in [2.05, 4.69) is 4.98 Å². The summed E-state index contributed by atoms with van der Waals surface area (Å²) in [6.07, 6.45) is 5.81. The number of nitrogen functional groups attached to an aromatic ring is 1. The molecule has 2 atom stereocenters. The van der Waals surface area contributed by atoms with Crippen LogP contribution in [-0.4, -0.2) is 29.6 Å². The SMILES string of the molecule is CCOC(=O)[C@@]1(c2csc(N)n2)C=CC=CC1OC(=O)c1ccccc1. The first kappa shape index (κ1) is 17.9. The molecule has 26 heavy (non-hydrogen) atoms. The largest absolute Gasteiger partial charge is 0.465 e. The zero-order chi connectivity index (χ0) is 18.6. The first-order valence-corrected chi connectivity index (χ1v) is 8.96. The van der Waals surface area contributed by atoms with Crippen LogP contribution in [0.2, 0.25) is 0 Å². The number of rotatable bonds is 5. The van der Waals surface area contributed by atoms with Crippen LogP contribution in [0.4, 0.5) is 5.13 Å². The number of anilines is 1. The lowest BCUT2D eigenvalue weighted by atomic mass is 9.76. The Balaban J connectivity index is 2.00. The molecule has 1 unspecified atom stereocenters. The number of carbonyl (C=O) groups is 2. The number of thiazole rings is 1. The molecule has 0 aliphatic heterocycles. The molecule has 2 N–H and O–H groups in total. The molecule has 0 bridgehead atoms. The van der Waals surface area contributed by atoms with Gasteiger partial charge in [-0.3, -0.25) is 4.79 Å². The lowest BCUT2D eigenvalue weighted by Crippen LogP contribution is -2.48. The van der Waals surface area contributed by atoms with Crippen molar-refractivity contribution in [3.63, 3.8) is 0 Å². The summed E-state index contributed by atoms with van der Waals surface area (Å²) >= 11 is 1.21. The van der Waals surface area contributed by atoms with E-state index in [1.807, 2.05) is 0 Å². The summed E-state index contributed by atoms with van der Waals surface area (Å²) in [5.74, 6) is -1.08. The van der Waals surface area contributed by atoms with Crippen molar-refractivity contribution in [1.29, 1.82) is 0 Å². The predicted molar refractivity (Wildman–Crippen MR) is 98.8 cm³/mol. The summed E-state index contributed by atoms with van der Waals surface area (Å²) in [5, 5.41) is 2.00. The van der Waals surface area contributed by atoms with E-state index in [0.29, 0.717) is 16.4 Å². The first-order valence-electron chi connectivity index (χ1n) is 8.08. The molecule has 0 saturated heterocycles. The van der Waals surface area contributed by atoms with Crippen LogP contribution in [0.15, 0.2) is 60.0 Å². The quantitative estimate of drug-likeness (QED) is 0.814. The second-order valence-corrected chi connectivity index (χ2v) is 6.49. The topological polar surface area (TPSA) is 91.5 Å². The Morgan fingerprint density at radius 3 is 2.69 bits per heavy atom. The van der Waals surface area contributed by atoms with Crippen LogP contribution in [0.5, 0.6) is 0 Å². The number of nitrogens with two attached hydrogens (primary N) is 1. The van der Waals surface area contributed by atoms with Crippen molar-refractivity contribution in [2.24, 2.45) is 0 Å². The molecule has 0 amide bonds. The Morgan fingerprint density at radius 1 is 1.27 bits per heavy atom. The fraction of sp³-hybridized carbons (Fsp3) is 0.211. The van der Waals surface area contributed by atoms with Gasteiger partial charge in [-0.15, -0.1) is 11.3 Å². The van der Waals surface area contributed by atoms with Crippen LogP contribution in [0.25, 0.3) is 0 Å². The molecule has 3 rings (SSSR count). The maximum atomic E-state index is 12.9. The molecule has 0 spiro atoms. The van der Waals surface area contributed by atoms with E-state index in [9.17, 15) is 9.59 Å². The zero-order valence-electron chi connectivity index (χ0n) is 14.1. The van der Waals surface area contributed by atoms with Gasteiger partial charge in [0.1, 0.15) is 6.10 Å². The van der Waals surface area contributed by atoms with Crippen LogP contribution < -0.4 is 5.73 Å². The number of esters is 2. The molecular weight excluding hydrogens is 352 g/mol. The minimum atomic E-state index is -1.37. The van der Waals surface area contributed by atoms with E-state index in [-0.39, 0.29) is 6.61 Å². The molecule has 134 valence electrons. The Kier molecular flexibility index (Phi) is 5.18. The number of ether oxygens (including phenoxy) is 2. The maximum absolute atomic E-state index is 12.9. The number of benzene rings is 1. The van der Waals surface area contributed by atoms with Gasteiger partial charge in [0.05, 0.1) is 17.9 Å². The third-order valence-corrected chi connectivity index (χ3v) is 4.68. The van der Waals surface area contributed by atoms with Crippen molar-refractivity contribution >= 4 is 28.4 Å². The van der Waals surface area contributed by atoms with Crippen LogP contribution in [-0.2, 0) is 19.7 Å². The van der Waals surface area contributed by atoms with Gasteiger partial charge in [-0.05, 0) is 25.1 Å². The summed E-state index contributed by atoms with van der Waals surface area (Å²) in [4.78, 5) is 29.7. The van der Waals surface area contributed by atoms with Crippen LogP contribution in [0, 0.1) is 0 Å².